The summed E-state index contributed by atoms with van der Waals surface area (Å²) in [7, 11) is 0. The number of hydrogen-bond donors (Lipinski definition) is 0. The molecule has 0 aromatic heterocycles. The van der Waals surface area contributed by atoms with E-state index < -0.39 is 0 Å². The highest BCUT2D eigenvalue weighted by molar-refractivity contribution is 5.94. The molecule has 33 heavy (non-hydrogen) atoms. The van der Waals surface area contributed by atoms with Crippen LogP contribution in [-0.2, 0) is 4.79 Å². The van der Waals surface area contributed by atoms with Crippen molar-refractivity contribution in [3.63, 3.8) is 0 Å². The SMILES string of the molecule is CC(C)C(=O)N1CCN(CCN(CC2=CCC3CC2C3(C)C)C(=O)c2ccc(F)cc2)CC1. The molecule has 3 aliphatic carbocycles. The number of nitrogens with zero attached hydrogens (tertiary/aromatic N) is 3. The van der Waals surface area contributed by atoms with Gasteiger partial charge in [-0.25, -0.2) is 4.39 Å². The third kappa shape index (κ3) is 5.01. The number of amides is 2. The summed E-state index contributed by atoms with van der Waals surface area (Å²) in [4.78, 5) is 31.9. The molecular weight excluding hydrogens is 417 g/mol. The summed E-state index contributed by atoms with van der Waals surface area (Å²) in [5, 5.41) is 0. The molecule has 1 aromatic carbocycles. The fourth-order valence-electron chi connectivity index (χ4n) is 5.72. The summed E-state index contributed by atoms with van der Waals surface area (Å²) in [5.41, 5.74) is 2.23. The lowest BCUT2D eigenvalue weighted by Crippen LogP contribution is -2.52. The number of piperazine rings is 1. The van der Waals surface area contributed by atoms with E-state index >= 15 is 0 Å². The van der Waals surface area contributed by atoms with Gasteiger partial charge in [0.25, 0.3) is 5.91 Å². The van der Waals surface area contributed by atoms with E-state index in [2.05, 4.69) is 24.8 Å². The molecule has 1 saturated heterocycles. The number of halogens is 1. The molecule has 2 fully saturated rings. The number of carbonyl (C=O) groups is 2. The van der Waals surface area contributed by atoms with Gasteiger partial charge in [-0.3, -0.25) is 14.5 Å². The third-order valence-electron chi connectivity index (χ3n) is 8.20. The molecule has 5 rings (SSSR count). The standard InChI is InChI=1S/C27H38FN3O2/c1-19(2)25(32)30-14-11-29(12-15-30)13-16-31(26(33)20-6-9-23(28)10-7-20)18-21-5-8-22-17-24(21)27(22,3)4/h5-7,9-10,19,22,24H,8,11-18H2,1-4H3. The van der Waals surface area contributed by atoms with Crippen molar-refractivity contribution in [2.45, 2.75) is 40.5 Å². The van der Waals surface area contributed by atoms with Crippen LogP contribution in [0.1, 0.15) is 50.9 Å². The van der Waals surface area contributed by atoms with Crippen LogP contribution in [0.15, 0.2) is 35.9 Å². The van der Waals surface area contributed by atoms with Crippen LogP contribution in [0.3, 0.4) is 0 Å². The Bertz CT molecular complexity index is 900. The molecule has 180 valence electrons. The van der Waals surface area contributed by atoms with Gasteiger partial charge in [0, 0.05) is 57.3 Å². The van der Waals surface area contributed by atoms with Crippen LogP contribution in [0.2, 0.25) is 0 Å². The highest BCUT2D eigenvalue weighted by Crippen LogP contribution is 2.59. The normalized spacial score (nSPS) is 24.3. The van der Waals surface area contributed by atoms with Crippen molar-refractivity contribution in [1.29, 1.82) is 0 Å². The van der Waals surface area contributed by atoms with Gasteiger partial charge in [0.05, 0.1) is 0 Å². The van der Waals surface area contributed by atoms with Gasteiger partial charge in [-0.2, -0.15) is 0 Å². The first-order chi connectivity index (χ1) is 15.7. The summed E-state index contributed by atoms with van der Waals surface area (Å²) in [6.45, 7) is 13.8. The average Bonchev–Trinajstić information content (AvgIpc) is 2.81. The maximum atomic E-state index is 13.4. The van der Waals surface area contributed by atoms with Crippen molar-refractivity contribution in [2.24, 2.45) is 23.2 Å². The van der Waals surface area contributed by atoms with Crippen LogP contribution in [0, 0.1) is 29.0 Å². The molecule has 1 saturated carbocycles. The fraction of sp³-hybridized carbons (Fsp3) is 0.630. The van der Waals surface area contributed by atoms with Crippen LogP contribution in [0.5, 0.6) is 0 Å². The first-order valence-electron chi connectivity index (χ1n) is 12.4. The Morgan fingerprint density at radius 3 is 2.36 bits per heavy atom. The number of benzene rings is 1. The first kappa shape index (κ1) is 23.9. The van der Waals surface area contributed by atoms with Crippen molar-refractivity contribution >= 4 is 11.8 Å². The molecule has 2 bridgehead atoms. The molecule has 0 N–H and O–H groups in total. The lowest BCUT2D eigenvalue weighted by molar-refractivity contribution is -0.136. The monoisotopic (exact) mass is 455 g/mol. The van der Waals surface area contributed by atoms with Crippen molar-refractivity contribution in [1.82, 2.24) is 14.7 Å². The summed E-state index contributed by atoms with van der Waals surface area (Å²) in [6, 6.07) is 5.88. The molecule has 1 aromatic rings. The smallest absolute Gasteiger partial charge is 0.254 e. The predicted molar refractivity (Wildman–Crippen MR) is 128 cm³/mol. The van der Waals surface area contributed by atoms with Crippen LogP contribution in [-0.4, -0.2) is 72.3 Å². The van der Waals surface area contributed by atoms with E-state index in [1.165, 1.54) is 24.1 Å². The quantitative estimate of drug-likeness (QED) is 0.583. The highest BCUT2D eigenvalue weighted by Gasteiger charge is 2.51. The van der Waals surface area contributed by atoms with E-state index in [0.29, 0.717) is 30.0 Å². The van der Waals surface area contributed by atoms with Crippen LogP contribution < -0.4 is 0 Å². The minimum absolute atomic E-state index is 0.0273. The highest BCUT2D eigenvalue weighted by atomic mass is 19.1. The molecule has 2 atom stereocenters. The zero-order valence-electron chi connectivity index (χ0n) is 20.5. The lowest BCUT2D eigenvalue weighted by Gasteiger charge is -2.57. The summed E-state index contributed by atoms with van der Waals surface area (Å²) in [5.74, 6) is 1.18. The number of fused-ring (bicyclic) bond motifs is 1. The Kier molecular flexibility index (Phi) is 6.94. The van der Waals surface area contributed by atoms with Gasteiger partial charge >= 0.3 is 0 Å². The van der Waals surface area contributed by atoms with E-state index in [0.717, 1.165) is 45.1 Å². The Labute approximate surface area is 197 Å². The van der Waals surface area contributed by atoms with Crippen molar-refractivity contribution in [3.8, 4) is 0 Å². The molecule has 4 aliphatic rings. The molecule has 5 nitrogen and oxygen atoms in total. The minimum atomic E-state index is -0.329. The molecule has 0 spiro atoms. The number of hydrogen-bond acceptors (Lipinski definition) is 3. The lowest BCUT2D eigenvalue weighted by atomic mass is 9.49. The summed E-state index contributed by atoms with van der Waals surface area (Å²) in [6.07, 6.45) is 4.68. The van der Waals surface area contributed by atoms with E-state index in [9.17, 15) is 14.0 Å². The second-order valence-corrected chi connectivity index (χ2v) is 10.9. The van der Waals surface area contributed by atoms with Gasteiger partial charge < -0.3 is 9.80 Å². The molecule has 1 heterocycles. The summed E-state index contributed by atoms with van der Waals surface area (Å²) >= 11 is 0. The van der Waals surface area contributed by atoms with Gasteiger partial charge in [-0.05, 0) is 54.4 Å². The first-order valence-corrected chi connectivity index (χ1v) is 12.4. The van der Waals surface area contributed by atoms with Crippen molar-refractivity contribution in [3.05, 3.63) is 47.3 Å². The molecule has 0 radical (unpaired) electrons. The topological polar surface area (TPSA) is 43.9 Å². The Morgan fingerprint density at radius 1 is 1.12 bits per heavy atom. The zero-order chi connectivity index (χ0) is 23.8. The van der Waals surface area contributed by atoms with Crippen LogP contribution in [0.4, 0.5) is 4.39 Å². The Hall–Kier alpha value is -2.21. The molecule has 6 heteroatoms. The molecule has 2 unspecified atom stereocenters. The zero-order valence-corrected chi connectivity index (χ0v) is 20.5. The fourth-order valence-corrected chi connectivity index (χ4v) is 5.72. The van der Waals surface area contributed by atoms with E-state index in [-0.39, 0.29) is 23.5 Å². The number of rotatable bonds is 7. The predicted octanol–water partition coefficient (Wildman–Crippen LogP) is 4.06. The third-order valence-corrected chi connectivity index (χ3v) is 8.20. The number of carbonyl (C=O) groups excluding carboxylic acids is 2. The van der Waals surface area contributed by atoms with E-state index in [4.69, 9.17) is 0 Å². The maximum absolute atomic E-state index is 13.4. The second-order valence-electron chi connectivity index (χ2n) is 10.9. The van der Waals surface area contributed by atoms with Gasteiger partial charge in [0.2, 0.25) is 5.91 Å². The minimum Gasteiger partial charge on any atom is -0.340 e. The van der Waals surface area contributed by atoms with Crippen LogP contribution in [0.25, 0.3) is 0 Å². The molecular formula is C27H38FN3O2. The summed E-state index contributed by atoms with van der Waals surface area (Å²) < 4.78 is 13.4. The van der Waals surface area contributed by atoms with Gasteiger partial charge in [-0.15, -0.1) is 0 Å². The van der Waals surface area contributed by atoms with E-state index in [1.54, 1.807) is 12.1 Å². The largest absolute Gasteiger partial charge is 0.340 e. The van der Waals surface area contributed by atoms with Gasteiger partial charge in [-0.1, -0.05) is 39.3 Å². The average molecular weight is 456 g/mol. The maximum Gasteiger partial charge on any atom is 0.254 e. The molecule has 2 amide bonds. The van der Waals surface area contributed by atoms with Gasteiger partial charge in [0.15, 0.2) is 0 Å². The van der Waals surface area contributed by atoms with Crippen molar-refractivity contribution in [2.75, 3.05) is 45.8 Å². The van der Waals surface area contributed by atoms with E-state index in [1.807, 2.05) is 23.6 Å². The second kappa shape index (κ2) is 9.57. The van der Waals surface area contributed by atoms with Crippen LogP contribution >= 0.6 is 0 Å². The molecule has 1 aliphatic heterocycles. The Morgan fingerprint density at radius 2 is 1.79 bits per heavy atom. The number of allylic oxidation sites excluding steroid dienone is 1. The Balaban J connectivity index is 1.41. The van der Waals surface area contributed by atoms with Crippen molar-refractivity contribution < 1.29 is 14.0 Å². The van der Waals surface area contributed by atoms with Gasteiger partial charge in [0.1, 0.15) is 5.82 Å².